The van der Waals surface area contributed by atoms with E-state index >= 15 is 0 Å². The van der Waals surface area contributed by atoms with Crippen LogP contribution < -0.4 is 15.5 Å². The molecule has 5 heterocycles. The summed E-state index contributed by atoms with van der Waals surface area (Å²) in [4.78, 5) is 73.8. The van der Waals surface area contributed by atoms with E-state index < -0.39 is 58.4 Å². The molecule has 48 heavy (non-hydrogen) atoms. The molecule has 5 amide bonds. The van der Waals surface area contributed by atoms with Gasteiger partial charge in [0.15, 0.2) is 10.7 Å². The van der Waals surface area contributed by atoms with Crippen molar-refractivity contribution in [2.24, 2.45) is 5.92 Å². The van der Waals surface area contributed by atoms with Gasteiger partial charge in [0.05, 0.1) is 45.6 Å². The Balaban J connectivity index is 1.08. The lowest BCUT2D eigenvalue weighted by atomic mass is 9.89. The molecule has 12 nitrogen and oxygen atoms in total. The highest BCUT2D eigenvalue weighted by atomic mass is 32.1. The first-order chi connectivity index (χ1) is 22.7. The summed E-state index contributed by atoms with van der Waals surface area (Å²) >= 11 is 1.21. The van der Waals surface area contributed by atoms with Crippen LogP contribution in [0.5, 0.6) is 0 Å². The smallest absolute Gasteiger partial charge is 0.369 e. The van der Waals surface area contributed by atoms with Crippen molar-refractivity contribution in [1.29, 1.82) is 5.26 Å². The normalized spacial score (nSPS) is 18.0. The molecule has 3 aliphatic heterocycles. The molecule has 0 aliphatic carbocycles. The number of aromatic nitrogens is 2. The molecule has 2 N–H and O–H groups in total. The van der Waals surface area contributed by atoms with Crippen LogP contribution in [0.25, 0.3) is 0 Å². The van der Waals surface area contributed by atoms with Gasteiger partial charge in [0.2, 0.25) is 17.7 Å². The second-order valence-electron chi connectivity index (χ2n) is 11.9. The molecule has 3 aromatic rings. The number of imide groups is 2. The molecule has 2 fully saturated rings. The highest BCUT2D eigenvalue weighted by Gasteiger charge is 2.45. The Morgan fingerprint density at radius 1 is 1.10 bits per heavy atom. The number of rotatable bonds is 5. The summed E-state index contributed by atoms with van der Waals surface area (Å²) in [5.41, 5.74) is -2.04. The number of pyridine rings is 1. The minimum atomic E-state index is -4.82. The molecule has 0 bridgehead atoms. The van der Waals surface area contributed by atoms with Crippen molar-refractivity contribution in [3.63, 3.8) is 0 Å². The number of carbonyl (C=O) groups is 5. The molecule has 16 heteroatoms. The number of anilines is 2. The van der Waals surface area contributed by atoms with Crippen molar-refractivity contribution in [3.8, 4) is 17.9 Å². The Hall–Kier alpha value is -5.61. The van der Waals surface area contributed by atoms with Gasteiger partial charge in [0, 0.05) is 30.6 Å². The highest BCUT2D eigenvalue weighted by Crippen LogP contribution is 2.35. The third-order valence-electron chi connectivity index (χ3n) is 8.32. The lowest BCUT2D eigenvalue weighted by molar-refractivity contribution is -0.138. The van der Waals surface area contributed by atoms with E-state index in [0.29, 0.717) is 35.5 Å². The largest absolute Gasteiger partial charge is 0.419 e. The number of carbonyl (C=O) groups excluding carboxylic acids is 5. The Morgan fingerprint density at radius 2 is 1.83 bits per heavy atom. The number of hydrogen-bond donors (Lipinski definition) is 2. The summed E-state index contributed by atoms with van der Waals surface area (Å²) in [5, 5.41) is 15.6. The molecule has 0 radical (unpaired) electrons. The van der Waals surface area contributed by atoms with Gasteiger partial charge in [-0.3, -0.25) is 34.2 Å². The number of amides is 5. The van der Waals surface area contributed by atoms with Gasteiger partial charge in [-0.25, -0.2) is 9.97 Å². The number of fused-ring (bicyclic) bond motifs is 1. The predicted octanol–water partition coefficient (Wildman–Crippen LogP) is 3.23. The topological polar surface area (TPSA) is 165 Å². The first-order valence-electron chi connectivity index (χ1n) is 14.5. The van der Waals surface area contributed by atoms with Crippen molar-refractivity contribution in [2.75, 3.05) is 23.3 Å². The molecule has 2 aromatic heterocycles. The fourth-order valence-electron chi connectivity index (χ4n) is 5.46. The zero-order valence-electron chi connectivity index (χ0n) is 25.3. The first kappa shape index (κ1) is 32.3. The van der Waals surface area contributed by atoms with Gasteiger partial charge >= 0.3 is 6.18 Å². The zero-order valence-corrected chi connectivity index (χ0v) is 26.1. The quantitative estimate of drug-likeness (QED) is 0.305. The van der Waals surface area contributed by atoms with Gasteiger partial charge in [0.1, 0.15) is 12.1 Å². The van der Waals surface area contributed by atoms with Crippen LogP contribution >= 0.6 is 11.3 Å². The zero-order chi connectivity index (χ0) is 34.5. The summed E-state index contributed by atoms with van der Waals surface area (Å²) in [6.45, 7) is 4.21. The van der Waals surface area contributed by atoms with Crippen molar-refractivity contribution in [3.05, 3.63) is 68.9 Å². The molecule has 2 saturated heterocycles. The van der Waals surface area contributed by atoms with E-state index in [1.54, 1.807) is 37.4 Å². The Morgan fingerprint density at radius 3 is 2.52 bits per heavy atom. The number of alkyl halides is 3. The Labute approximate surface area is 274 Å². The molecule has 0 spiro atoms. The highest BCUT2D eigenvalue weighted by molar-refractivity contribution is 7.10. The van der Waals surface area contributed by atoms with Crippen molar-refractivity contribution >= 4 is 52.2 Å². The molecule has 0 saturated carbocycles. The van der Waals surface area contributed by atoms with Gasteiger partial charge in [-0.1, -0.05) is 5.92 Å². The van der Waals surface area contributed by atoms with E-state index in [-0.39, 0.29) is 35.6 Å². The number of nitrogens with one attached hydrogen (secondary N) is 2. The van der Waals surface area contributed by atoms with Crippen LogP contribution in [0.15, 0.2) is 35.8 Å². The van der Waals surface area contributed by atoms with E-state index in [0.717, 1.165) is 11.1 Å². The molecular weight excluding hydrogens is 651 g/mol. The number of thiazole rings is 1. The minimum absolute atomic E-state index is 0.0352. The van der Waals surface area contributed by atoms with Crippen LogP contribution in [0.1, 0.15) is 69.4 Å². The van der Waals surface area contributed by atoms with Crippen LogP contribution in [0.3, 0.4) is 0 Å². The maximum Gasteiger partial charge on any atom is 0.419 e. The molecule has 1 unspecified atom stereocenters. The summed E-state index contributed by atoms with van der Waals surface area (Å²) in [6, 6.07) is 5.90. The van der Waals surface area contributed by atoms with Gasteiger partial charge in [-0.15, -0.1) is 11.3 Å². The maximum absolute atomic E-state index is 13.3. The summed E-state index contributed by atoms with van der Waals surface area (Å²) < 4.78 is 39.9. The second-order valence-corrected chi connectivity index (χ2v) is 12.8. The fourth-order valence-corrected chi connectivity index (χ4v) is 6.30. The predicted molar refractivity (Wildman–Crippen MR) is 163 cm³/mol. The van der Waals surface area contributed by atoms with E-state index in [1.165, 1.54) is 17.4 Å². The number of piperidine rings is 1. The summed E-state index contributed by atoms with van der Waals surface area (Å²) in [7, 11) is 0. The van der Waals surface area contributed by atoms with Crippen LogP contribution in [0, 0.1) is 29.1 Å². The second kappa shape index (κ2) is 11.9. The van der Waals surface area contributed by atoms with Crippen LogP contribution in [0.4, 0.5) is 24.5 Å². The van der Waals surface area contributed by atoms with Crippen molar-refractivity contribution < 1.29 is 37.1 Å². The molecule has 6 rings (SSSR count). The van der Waals surface area contributed by atoms with Crippen LogP contribution in [-0.4, -0.2) is 63.5 Å². The monoisotopic (exact) mass is 675 g/mol. The number of nitriles is 1. The third-order valence-corrected chi connectivity index (χ3v) is 9.08. The number of benzene rings is 1. The van der Waals surface area contributed by atoms with Crippen molar-refractivity contribution in [1.82, 2.24) is 20.2 Å². The van der Waals surface area contributed by atoms with E-state index in [2.05, 4.69) is 32.4 Å². The molecule has 244 valence electrons. The van der Waals surface area contributed by atoms with Gasteiger partial charge in [-0.2, -0.15) is 18.4 Å². The number of nitrogens with zero attached hydrogens (tertiary/aromatic N) is 5. The van der Waals surface area contributed by atoms with Crippen LogP contribution in [-0.2, 0) is 26.0 Å². The number of hydrogen-bond acceptors (Lipinski definition) is 10. The average Bonchev–Trinajstić information content (AvgIpc) is 3.59. The fraction of sp³-hybridized carbons (Fsp3) is 0.312. The molecule has 1 atom stereocenters. The van der Waals surface area contributed by atoms with E-state index in [4.69, 9.17) is 5.26 Å². The molecule has 3 aliphatic rings. The van der Waals surface area contributed by atoms with Crippen molar-refractivity contribution in [2.45, 2.75) is 44.3 Å². The summed E-state index contributed by atoms with van der Waals surface area (Å²) in [5.74, 6) is 3.20. The Bertz CT molecular complexity index is 2020. The van der Waals surface area contributed by atoms with Gasteiger partial charge in [0.25, 0.3) is 11.8 Å². The van der Waals surface area contributed by atoms with E-state index in [9.17, 15) is 37.1 Å². The minimum Gasteiger partial charge on any atom is -0.369 e. The number of halogens is 3. The molecular formula is C32H24F3N7O5S. The summed E-state index contributed by atoms with van der Waals surface area (Å²) in [6.07, 6.45) is -3.73. The standard InChI is InChI=1S/C32H24F3N7O5S/c1-31(2,30(47)38-17-9-21(32(33,34)35)22(11-36)37-12-17)24-15-48-26(39-24)8-3-16-13-41(14-16)18-4-5-19-20(10-18)29(46)42(28(19)45)23-6-7-25(43)40-27(23)44/h4-5,9-10,12,15-16,23H,6-7,13-14H2,1-2H3,(H,38,47)(H,40,43,44). The maximum atomic E-state index is 13.3. The lowest BCUT2D eigenvalue weighted by Crippen LogP contribution is -2.54. The van der Waals surface area contributed by atoms with E-state index in [1.807, 2.05) is 4.90 Å². The SMILES string of the molecule is CC(C)(C(=O)Nc1cnc(C#N)c(C(F)(F)F)c1)c1csc(C#CC2CN(c3ccc4c(c3)C(=O)N(C3CCC(=O)NC3=O)C4=O)C2)n1. The molecule has 1 aromatic carbocycles. The average molecular weight is 676 g/mol. The lowest BCUT2D eigenvalue weighted by Gasteiger charge is -2.38. The van der Waals surface area contributed by atoms with Gasteiger partial charge in [-0.05, 0) is 50.5 Å². The van der Waals surface area contributed by atoms with Crippen LogP contribution in [0.2, 0.25) is 0 Å². The third kappa shape index (κ3) is 5.86. The first-order valence-corrected chi connectivity index (χ1v) is 15.4. The Kier molecular flexibility index (Phi) is 8.00. The van der Waals surface area contributed by atoms with Gasteiger partial charge < -0.3 is 10.2 Å².